The van der Waals surface area contributed by atoms with Crippen molar-refractivity contribution in [2.75, 3.05) is 5.88 Å². The van der Waals surface area contributed by atoms with Crippen LogP contribution in [0.5, 0.6) is 0 Å². The topological polar surface area (TPSA) is 17.8 Å². The SMILES string of the molecule is CCC(C)n1ccc(CC(CCl)c2ccccc2Br)n1. The van der Waals surface area contributed by atoms with Crippen molar-refractivity contribution >= 4 is 27.5 Å². The molecule has 0 aliphatic rings. The summed E-state index contributed by atoms with van der Waals surface area (Å²) < 4.78 is 3.16. The molecule has 2 unspecified atom stereocenters. The molecule has 4 heteroatoms. The van der Waals surface area contributed by atoms with Crippen LogP contribution in [0, 0.1) is 0 Å². The van der Waals surface area contributed by atoms with Crippen molar-refractivity contribution in [3.05, 3.63) is 52.3 Å². The summed E-state index contributed by atoms with van der Waals surface area (Å²) in [5.41, 5.74) is 2.35. The molecule has 0 spiro atoms. The first-order chi connectivity index (χ1) is 9.65. The second-order valence-electron chi connectivity index (χ2n) is 5.12. The highest BCUT2D eigenvalue weighted by molar-refractivity contribution is 9.10. The molecule has 0 saturated carbocycles. The predicted octanol–water partition coefficient (Wildman–Crippen LogP) is 5.18. The molecule has 0 N–H and O–H groups in total. The third kappa shape index (κ3) is 3.64. The summed E-state index contributed by atoms with van der Waals surface area (Å²) in [6.07, 6.45) is 4.02. The predicted molar refractivity (Wildman–Crippen MR) is 88.5 cm³/mol. The van der Waals surface area contributed by atoms with Crippen molar-refractivity contribution in [1.82, 2.24) is 9.78 Å². The first-order valence-electron chi connectivity index (χ1n) is 7.00. The van der Waals surface area contributed by atoms with Crippen LogP contribution >= 0.6 is 27.5 Å². The molecule has 0 amide bonds. The Morgan fingerprint density at radius 2 is 2.05 bits per heavy atom. The molecule has 0 fully saturated rings. The molecule has 2 nitrogen and oxygen atoms in total. The van der Waals surface area contributed by atoms with Crippen molar-refractivity contribution in [3.8, 4) is 0 Å². The summed E-state index contributed by atoms with van der Waals surface area (Å²) >= 11 is 9.77. The summed E-state index contributed by atoms with van der Waals surface area (Å²) in [6.45, 7) is 4.36. The van der Waals surface area contributed by atoms with E-state index in [2.05, 4.69) is 65.3 Å². The molecule has 2 atom stereocenters. The van der Waals surface area contributed by atoms with Gasteiger partial charge in [-0.1, -0.05) is 41.1 Å². The number of nitrogens with zero attached hydrogens (tertiary/aromatic N) is 2. The summed E-state index contributed by atoms with van der Waals surface area (Å²) in [7, 11) is 0. The monoisotopic (exact) mass is 354 g/mol. The van der Waals surface area contributed by atoms with Crippen LogP contribution in [0.2, 0.25) is 0 Å². The van der Waals surface area contributed by atoms with Crippen LogP contribution in [-0.2, 0) is 6.42 Å². The Bertz CT molecular complexity index is 553. The minimum Gasteiger partial charge on any atom is -0.270 e. The van der Waals surface area contributed by atoms with E-state index in [1.165, 1.54) is 5.56 Å². The summed E-state index contributed by atoms with van der Waals surface area (Å²) in [6, 6.07) is 10.8. The molecule has 0 bridgehead atoms. The molecule has 0 saturated heterocycles. The minimum atomic E-state index is 0.285. The molecule has 108 valence electrons. The number of halogens is 2. The van der Waals surface area contributed by atoms with E-state index in [4.69, 9.17) is 11.6 Å². The fourth-order valence-electron chi connectivity index (χ4n) is 2.23. The van der Waals surface area contributed by atoms with Gasteiger partial charge in [0, 0.05) is 28.5 Å². The average Bonchev–Trinajstić information content (AvgIpc) is 2.93. The maximum atomic E-state index is 6.17. The summed E-state index contributed by atoms with van der Waals surface area (Å²) in [5, 5.41) is 4.67. The molecule has 0 aliphatic carbocycles. The minimum absolute atomic E-state index is 0.285. The number of alkyl halides is 1. The highest BCUT2D eigenvalue weighted by Gasteiger charge is 2.16. The molecule has 0 aliphatic heterocycles. The lowest BCUT2D eigenvalue weighted by Gasteiger charge is -2.15. The van der Waals surface area contributed by atoms with Crippen molar-refractivity contribution in [1.29, 1.82) is 0 Å². The van der Waals surface area contributed by atoms with E-state index in [0.717, 1.165) is 23.0 Å². The van der Waals surface area contributed by atoms with Crippen LogP contribution < -0.4 is 0 Å². The second kappa shape index (κ2) is 7.28. The summed E-state index contributed by atoms with van der Waals surface area (Å²) in [4.78, 5) is 0. The maximum absolute atomic E-state index is 6.17. The zero-order valence-electron chi connectivity index (χ0n) is 11.9. The lowest BCUT2D eigenvalue weighted by atomic mass is 9.96. The number of hydrogen-bond acceptors (Lipinski definition) is 1. The van der Waals surface area contributed by atoms with E-state index >= 15 is 0 Å². The Kier molecular flexibility index (Phi) is 5.67. The van der Waals surface area contributed by atoms with Gasteiger partial charge < -0.3 is 0 Å². The van der Waals surface area contributed by atoms with Gasteiger partial charge in [0.1, 0.15) is 0 Å². The van der Waals surface area contributed by atoms with Gasteiger partial charge in [-0.2, -0.15) is 5.10 Å². The Morgan fingerprint density at radius 1 is 1.30 bits per heavy atom. The third-order valence-electron chi connectivity index (χ3n) is 3.69. The van der Waals surface area contributed by atoms with Gasteiger partial charge in [-0.3, -0.25) is 4.68 Å². The van der Waals surface area contributed by atoms with Gasteiger partial charge in [0.25, 0.3) is 0 Å². The molecule has 2 aromatic rings. The van der Waals surface area contributed by atoms with Gasteiger partial charge in [0.15, 0.2) is 0 Å². The number of hydrogen-bond donors (Lipinski definition) is 0. The lowest BCUT2D eigenvalue weighted by molar-refractivity contribution is 0.472. The zero-order chi connectivity index (χ0) is 14.5. The molecule has 2 rings (SSSR count). The molecule has 20 heavy (non-hydrogen) atoms. The van der Waals surface area contributed by atoms with E-state index in [1.807, 2.05) is 10.7 Å². The molecule has 1 heterocycles. The standard InChI is InChI=1S/C16H20BrClN2/c1-3-12(2)20-9-8-14(19-20)10-13(11-18)15-6-4-5-7-16(15)17/h4-9,12-13H,3,10-11H2,1-2H3. The summed E-state index contributed by atoms with van der Waals surface area (Å²) in [5.74, 6) is 0.881. The fraction of sp³-hybridized carbons (Fsp3) is 0.438. The van der Waals surface area contributed by atoms with Gasteiger partial charge in [0.2, 0.25) is 0 Å². The lowest BCUT2D eigenvalue weighted by Crippen LogP contribution is -2.08. The molecular formula is C16H20BrClN2. The van der Waals surface area contributed by atoms with Gasteiger partial charge in [0.05, 0.1) is 5.69 Å². The maximum Gasteiger partial charge on any atom is 0.0631 e. The van der Waals surface area contributed by atoms with Crippen LogP contribution in [0.4, 0.5) is 0 Å². The van der Waals surface area contributed by atoms with Gasteiger partial charge >= 0.3 is 0 Å². The smallest absolute Gasteiger partial charge is 0.0631 e. The van der Waals surface area contributed by atoms with Crippen LogP contribution in [0.25, 0.3) is 0 Å². The Morgan fingerprint density at radius 3 is 2.70 bits per heavy atom. The first-order valence-corrected chi connectivity index (χ1v) is 8.32. The molecular weight excluding hydrogens is 336 g/mol. The largest absolute Gasteiger partial charge is 0.270 e. The number of aromatic nitrogens is 2. The highest BCUT2D eigenvalue weighted by Crippen LogP contribution is 2.28. The van der Waals surface area contributed by atoms with E-state index in [1.54, 1.807) is 0 Å². The average molecular weight is 356 g/mol. The van der Waals surface area contributed by atoms with Gasteiger partial charge in [-0.25, -0.2) is 0 Å². The van der Waals surface area contributed by atoms with Crippen LogP contribution in [0.3, 0.4) is 0 Å². The Labute approximate surface area is 134 Å². The van der Waals surface area contributed by atoms with Gasteiger partial charge in [-0.15, -0.1) is 11.6 Å². The zero-order valence-corrected chi connectivity index (χ0v) is 14.2. The third-order valence-corrected chi connectivity index (χ3v) is 4.79. The van der Waals surface area contributed by atoms with Crippen LogP contribution in [0.1, 0.15) is 43.5 Å². The van der Waals surface area contributed by atoms with Crippen LogP contribution in [0.15, 0.2) is 41.0 Å². The van der Waals surface area contributed by atoms with Crippen molar-refractivity contribution in [2.24, 2.45) is 0 Å². The molecule has 1 aromatic heterocycles. The molecule has 0 radical (unpaired) electrons. The number of rotatable bonds is 6. The van der Waals surface area contributed by atoms with E-state index < -0.39 is 0 Å². The Balaban J connectivity index is 2.15. The quantitative estimate of drug-likeness (QED) is 0.653. The Hall–Kier alpha value is -0.800. The van der Waals surface area contributed by atoms with Crippen molar-refractivity contribution in [3.63, 3.8) is 0 Å². The second-order valence-corrected chi connectivity index (χ2v) is 6.28. The molecule has 1 aromatic carbocycles. The van der Waals surface area contributed by atoms with E-state index in [-0.39, 0.29) is 5.92 Å². The fourth-order valence-corrected chi connectivity index (χ4v) is 3.11. The van der Waals surface area contributed by atoms with Crippen molar-refractivity contribution < 1.29 is 0 Å². The van der Waals surface area contributed by atoms with E-state index in [0.29, 0.717) is 11.9 Å². The first kappa shape index (κ1) is 15.6. The van der Waals surface area contributed by atoms with Crippen LogP contribution in [-0.4, -0.2) is 15.7 Å². The van der Waals surface area contributed by atoms with Crippen molar-refractivity contribution in [2.45, 2.75) is 38.6 Å². The highest BCUT2D eigenvalue weighted by atomic mass is 79.9. The normalized spacial score (nSPS) is 14.2. The number of benzene rings is 1. The van der Waals surface area contributed by atoms with E-state index in [9.17, 15) is 0 Å². The van der Waals surface area contributed by atoms with Gasteiger partial charge in [-0.05, 0) is 37.5 Å².